The van der Waals surface area contributed by atoms with Crippen molar-refractivity contribution in [2.45, 2.75) is 33.2 Å². The average Bonchev–Trinajstić information content (AvgIpc) is 3.00. The summed E-state index contributed by atoms with van der Waals surface area (Å²) in [5.41, 5.74) is 8.06. The van der Waals surface area contributed by atoms with Crippen LogP contribution in [0, 0.1) is 12.8 Å². The zero-order valence-corrected chi connectivity index (χ0v) is 17.6. The van der Waals surface area contributed by atoms with Gasteiger partial charge in [-0.25, -0.2) is 14.7 Å². The highest BCUT2D eigenvalue weighted by atomic mass is 127. The van der Waals surface area contributed by atoms with Crippen molar-refractivity contribution in [3.8, 4) is 5.82 Å². The summed E-state index contributed by atoms with van der Waals surface area (Å²) < 4.78 is 1.68. The summed E-state index contributed by atoms with van der Waals surface area (Å²) in [5, 5.41) is 4.82. The minimum atomic E-state index is 0. The smallest absolute Gasteiger partial charge is 0.191 e. The van der Waals surface area contributed by atoms with E-state index in [-0.39, 0.29) is 24.0 Å². The van der Waals surface area contributed by atoms with E-state index in [1.807, 2.05) is 19.1 Å². The minimum absolute atomic E-state index is 0. The van der Waals surface area contributed by atoms with E-state index in [0.717, 1.165) is 36.1 Å². The Hall–Kier alpha value is -1.35. The summed E-state index contributed by atoms with van der Waals surface area (Å²) >= 11 is 5.98. The number of halogens is 2. The number of pyridine rings is 1. The number of aromatic nitrogens is 3. The number of aryl methyl sites for hydroxylation is 1. The Morgan fingerprint density at radius 1 is 1.36 bits per heavy atom. The molecule has 0 unspecified atom stereocenters. The fraction of sp³-hybridized carbons (Fsp3) is 0.471. The van der Waals surface area contributed by atoms with Crippen LogP contribution in [-0.2, 0) is 6.54 Å². The SMILES string of the molecule is Cc1ccc(CN=C(N)N2CCC(C)CC2)c(-n2cc(Cl)cn2)n1.I. The first-order valence-corrected chi connectivity index (χ1v) is 8.62. The predicted octanol–water partition coefficient (Wildman–Crippen LogP) is 3.39. The monoisotopic (exact) mass is 474 g/mol. The highest BCUT2D eigenvalue weighted by molar-refractivity contribution is 14.0. The molecule has 6 nitrogen and oxygen atoms in total. The molecule has 0 atom stereocenters. The lowest BCUT2D eigenvalue weighted by atomic mass is 10.00. The third-order valence-electron chi connectivity index (χ3n) is 4.38. The molecule has 2 aromatic rings. The second kappa shape index (κ2) is 8.84. The molecule has 0 saturated carbocycles. The first-order chi connectivity index (χ1) is 11.5. The molecule has 3 heterocycles. The van der Waals surface area contributed by atoms with Crippen molar-refractivity contribution in [3.63, 3.8) is 0 Å². The summed E-state index contributed by atoms with van der Waals surface area (Å²) in [4.78, 5) is 11.3. The van der Waals surface area contributed by atoms with E-state index in [9.17, 15) is 0 Å². The fourth-order valence-corrected chi connectivity index (χ4v) is 2.95. The standard InChI is InChI=1S/C17H23ClN6.HI/c1-12-5-7-23(8-6-12)17(19)20-9-14-4-3-13(2)22-16(14)24-11-15(18)10-21-24;/h3-4,10-12H,5-9H2,1-2H3,(H2,19,20);1H. The number of hydrogen-bond acceptors (Lipinski definition) is 3. The van der Waals surface area contributed by atoms with Gasteiger partial charge in [0.15, 0.2) is 11.8 Å². The number of piperidine rings is 1. The Bertz CT molecular complexity index is 736. The first kappa shape index (κ1) is 20.0. The van der Waals surface area contributed by atoms with E-state index in [2.05, 4.69) is 26.9 Å². The molecule has 2 aromatic heterocycles. The van der Waals surface area contributed by atoms with Crippen molar-refractivity contribution < 1.29 is 0 Å². The molecule has 0 aromatic carbocycles. The molecule has 0 aliphatic carbocycles. The normalized spacial score (nSPS) is 16.0. The second-order valence-corrected chi connectivity index (χ2v) is 6.82. The Morgan fingerprint density at radius 3 is 2.72 bits per heavy atom. The minimum Gasteiger partial charge on any atom is -0.370 e. The Kier molecular flexibility index (Phi) is 7.06. The molecule has 1 aliphatic heterocycles. The number of aliphatic imine (C=N–C) groups is 1. The topological polar surface area (TPSA) is 72.3 Å². The predicted molar refractivity (Wildman–Crippen MR) is 112 cm³/mol. The van der Waals surface area contributed by atoms with Gasteiger partial charge in [0, 0.05) is 24.3 Å². The van der Waals surface area contributed by atoms with Crippen LogP contribution < -0.4 is 5.73 Å². The molecule has 3 rings (SSSR count). The number of hydrogen-bond donors (Lipinski definition) is 1. The number of likely N-dealkylation sites (tertiary alicyclic amines) is 1. The van der Waals surface area contributed by atoms with Gasteiger partial charge in [0.05, 0.1) is 24.0 Å². The van der Waals surface area contributed by atoms with Crippen LogP contribution in [0.25, 0.3) is 5.82 Å². The van der Waals surface area contributed by atoms with Gasteiger partial charge in [-0.2, -0.15) is 5.10 Å². The van der Waals surface area contributed by atoms with Crippen LogP contribution in [0.5, 0.6) is 0 Å². The van der Waals surface area contributed by atoms with Crippen molar-refractivity contribution >= 4 is 41.5 Å². The van der Waals surface area contributed by atoms with Gasteiger partial charge < -0.3 is 10.6 Å². The molecule has 0 radical (unpaired) electrons. The number of rotatable bonds is 3. The maximum atomic E-state index is 6.18. The zero-order valence-electron chi connectivity index (χ0n) is 14.5. The number of nitrogens with two attached hydrogens (primary N) is 1. The summed E-state index contributed by atoms with van der Waals surface area (Å²) in [6.07, 6.45) is 5.67. The summed E-state index contributed by atoms with van der Waals surface area (Å²) in [6.45, 7) is 6.65. The highest BCUT2D eigenvalue weighted by Crippen LogP contribution is 2.18. The second-order valence-electron chi connectivity index (χ2n) is 6.38. The van der Waals surface area contributed by atoms with Crippen molar-refractivity contribution in [3.05, 3.63) is 40.8 Å². The van der Waals surface area contributed by atoms with Crippen LogP contribution >= 0.6 is 35.6 Å². The van der Waals surface area contributed by atoms with E-state index in [1.165, 1.54) is 12.8 Å². The fourth-order valence-electron chi connectivity index (χ4n) is 2.81. The van der Waals surface area contributed by atoms with E-state index in [0.29, 0.717) is 17.5 Å². The molecule has 25 heavy (non-hydrogen) atoms. The molecule has 2 N–H and O–H groups in total. The molecular weight excluding hydrogens is 451 g/mol. The van der Waals surface area contributed by atoms with Crippen LogP contribution in [0.3, 0.4) is 0 Å². The third kappa shape index (κ3) is 5.07. The molecule has 0 bridgehead atoms. The van der Waals surface area contributed by atoms with Gasteiger partial charge >= 0.3 is 0 Å². The van der Waals surface area contributed by atoms with Crippen LogP contribution in [0.1, 0.15) is 31.0 Å². The van der Waals surface area contributed by atoms with Gasteiger partial charge in [-0.1, -0.05) is 24.6 Å². The average molecular weight is 475 g/mol. The molecule has 1 fully saturated rings. The van der Waals surface area contributed by atoms with Crippen LogP contribution in [0.15, 0.2) is 29.5 Å². The van der Waals surface area contributed by atoms with Gasteiger partial charge in [-0.05, 0) is 31.7 Å². The van der Waals surface area contributed by atoms with Gasteiger partial charge in [0.2, 0.25) is 0 Å². The summed E-state index contributed by atoms with van der Waals surface area (Å²) in [7, 11) is 0. The molecule has 1 aliphatic rings. The molecule has 0 amide bonds. The Morgan fingerprint density at radius 2 is 2.08 bits per heavy atom. The van der Waals surface area contributed by atoms with E-state index in [4.69, 9.17) is 17.3 Å². The van der Waals surface area contributed by atoms with E-state index >= 15 is 0 Å². The van der Waals surface area contributed by atoms with Crippen molar-refractivity contribution in [1.82, 2.24) is 19.7 Å². The molecule has 136 valence electrons. The Balaban J connectivity index is 0.00000225. The van der Waals surface area contributed by atoms with Crippen LogP contribution in [0.4, 0.5) is 0 Å². The maximum Gasteiger partial charge on any atom is 0.191 e. The largest absolute Gasteiger partial charge is 0.370 e. The van der Waals surface area contributed by atoms with Crippen molar-refractivity contribution in [2.24, 2.45) is 16.6 Å². The Labute approximate surface area is 170 Å². The molecule has 0 spiro atoms. The lowest BCUT2D eigenvalue weighted by Gasteiger charge is -2.31. The van der Waals surface area contributed by atoms with Crippen LogP contribution in [-0.4, -0.2) is 38.7 Å². The molecular formula is C17H24ClIN6. The molecule has 8 heteroatoms. The zero-order chi connectivity index (χ0) is 17.1. The lowest BCUT2D eigenvalue weighted by molar-refractivity contribution is 0.277. The maximum absolute atomic E-state index is 6.18. The quantitative estimate of drug-likeness (QED) is 0.420. The van der Waals surface area contributed by atoms with Crippen molar-refractivity contribution in [1.29, 1.82) is 0 Å². The van der Waals surface area contributed by atoms with Gasteiger partial charge in [-0.3, -0.25) is 0 Å². The van der Waals surface area contributed by atoms with Gasteiger partial charge in [-0.15, -0.1) is 24.0 Å². The summed E-state index contributed by atoms with van der Waals surface area (Å²) in [5.74, 6) is 2.11. The lowest BCUT2D eigenvalue weighted by Crippen LogP contribution is -2.42. The number of guanidine groups is 1. The third-order valence-corrected chi connectivity index (χ3v) is 4.58. The van der Waals surface area contributed by atoms with Crippen molar-refractivity contribution in [2.75, 3.05) is 13.1 Å². The molecule has 1 saturated heterocycles. The highest BCUT2D eigenvalue weighted by Gasteiger charge is 2.17. The van der Waals surface area contributed by atoms with Gasteiger partial charge in [0.1, 0.15) is 0 Å². The first-order valence-electron chi connectivity index (χ1n) is 8.25. The van der Waals surface area contributed by atoms with Crippen LogP contribution in [0.2, 0.25) is 5.02 Å². The van der Waals surface area contributed by atoms with Gasteiger partial charge in [0.25, 0.3) is 0 Å². The summed E-state index contributed by atoms with van der Waals surface area (Å²) in [6, 6.07) is 3.99. The number of nitrogens with zero attached hydrogens (tertiary/aromatic N) is 5. The van der Waals surface area contributed by atoms with E-state index < -0.39 is 0 Å². The van der Waals surface area contributed by atoms with E-state index in [1.54, 1.807) is 17.1 Å².